The van der Waals surface area contributed by atoms with Crippen molar-refractivity contribution in [3.05, 3.63) is 12.2 Å². The lowest BCUT2D eigenvalue weighted by Gasteiger charge is -2.11. The number of nitrogens with two attached hydrogens (primary N) is 2. The van der Waals surface area contributed by atoms with Gasteiger partial charge in [0.15, 0.2) is 5.96 Å². The Balaban J connectivity index is 3.93. The average Bonchev–Trinajstić information content (AvgIpc) is 2.21. The molecule has 16 heavy (non-hydrogen) atoms. The fraction of sp³-hybridized carbons (Fsp3) is 0.500. The Bertz CT molecular complexity index is 295. The molecule has 0 aromatic heterocycles. The molecule has 5 N–H and O–H groups in total. The highest BCUT2D eigenvalue weighted by molar-refractivity contribution is 5.93. The molecule has 0 aromatic rings. The van der Waals surface area contributed by atoms with Crippen molar-refractivity contribution >= 4 is 18.2 Å². The van der Waals surface area contributed by atoms with Gasteiger partial charge in [0.1, 0.15) is 6.29 Å². The maximum absolute atomic E-state index is 11.2. The number of rotatable bonds is 7. The van der Waals surface area contributed by atoms with Gasteiger partial charge in [0, 0.05) is 12.1 Å². The molecule has 0 radical (unpaired) electrons. The van der Waals surface area contributed by atoms with E-state index in [2.05, 4.69) is 16.9 Å². The van der Waals surface area contributed by atoms with Gasteiger partial charge in [-0.1, -0.05) is 6.58 Å². The van der Waals surface area contributed by atoms with Gasteiger partial charge >= 0.3 is 0 Å². The number of nitrogens with one attached hydrogen (secondary N) is 1. The molecular formula is C10H18N4O2. The van der Waals surface area contributed by atoms with Crippen LogP contribution in [0.15, 0.2) is 17.1 Å². The molecular weight excluding hydrogens is 208 g/mol. The van der Waals surface area contributed by atoms with Crippen molar-refractivity contribution in [1.29, 1.82) is 0 Å². The predicted octanol–water partition coefficient (Wildman–Crippen LogP) is -0.700. The number of guanidine groups is 1. The quantitative estimate of drug-likeness (QED) is 0.175. The third-order valence-electron chi connectivity index (χ3n) is 1.84. The molecule has 0 aliphatic rings. The summed E-state index contributed by atoms with van der Waals surface area (Å²) in [4.78, 5) is 25.6. The van der Waals surface area contributed by atoms with Crippen LogP contribution in [0.3, 0.4) is 0 Å². The first-order valence-electron chi connectivity index (χ1n) is 4.94. The number of amides is 1. The van der Waals surface area contributed by atoms with Crippen LogP contribution in [0.1, 0.15) is 19.8 Å². The Kier molecular flexibility index (Phi) is 6.58. The lowest BCUT2D eigenvalue weighted by atomic mass is 10.1. The minimum Gasteiger partial charge on any atom is -0.370 e. The van der Waals surface area contributed by atoms with Gasteiger partial charge < -0.3 is 21.6 Å². The van der Waals surface area contributed by atoms with Crippen molar-refractivity contribution in [2.75, 3.05) is 6.54 Å². The molecule has 0 saturated heterocycles. The van der Waals surface area contributed by atoms with Gasteiger partial charge in [-0.25, -0.2) is 0 Å². The van der Waals surface area contributed by atoms with Crippen LogP contribution < -0.4 is 16.8 Å². The number of hydrogen-bond acceptors (Lipinski definition) is 3. The van der Waals surface area contributed by atoms with E-state index in [9.17, 15) is 9.59 Å². The molecule has 6 nitrogen and oxygen atoms in total. The van der Waals surface area contributed by atoms with Gasteiger partial charge in [-0.3, -0.25) is 9.79 Å². The van der Waals surface area contributed by atoms with E-state index in [4.69, 9.17) is 11.5 Å². The summed E-state index contributed by atoms with van der Waals surface area (Å²) < 4.78 is 0. The highest BCUT2D eigenvalue weighted by Gasteiger charge is 2.10. The Labute approximate surface area is 94.8 Å². The lowest BCUT2D eigenvalue weighted by molar-refractivity contribution is -0.121. The van der Waals surface area contributed by atoms with Gasteiger partial charge in [-0.2, -0.15) is 0 Å². The molecule has 0 aliphatic carbocycles. The summed E-state index contributed by atoms with van der Waals surface area (Å²) in [6.45, 7) is 5.50. The fourth-order valence-electron chi connectivity index (χ4n) is 0.985. The van der Waals surface area contributed by atoms with Gasteiger partial charge in [0.2, 0.25) is 5.91 Å². The van der Waals surface area contributed by atoms with Crippen LogP contribution in [0, 0.1) is 0 Å². The van der Waals surface area contributed by atoms with E-state index in [1.807, 2.05) is 0 Å². The number of hydrogen-bond donors (Lipinski definition) is 3. The van der Waals surface area contributed by atoms with E-state index in [-0.39, 0.29) is 11.9 Å². The molecule has 0 spiro atoms. The highest BCUT2D eigenvalue weighted by Crippen LogP contribution is 1.97. The van der Waals surface area contributed by atoms with Crippen LogP contribution in [0.5, 0.6) is 0 Å². The van der Waals surface area contributed by atoms with Crippen molar-refractivity contribution in [2.45, 2.75) is 25.8 Å². The smallest absolute Gasteiger partial charge is 0.246 e. The molecule has 0 aromatic carbocycles. The molecule has 0 unspecified atom stereocenters. The van der Waals surface area contributed by atoms with Gasteiger partial charge in [-0.15, -0.1) is 0 Å². The number of carbonyl (C=O) groups is 2. The van der Waals surface area contributed by atoms with E-state index >= 15 is 0 Å². The summed E-state index contributed by atoms with van der Waals surface area (Å²) in [5.74, 6) is -0.299. The standard InChI is InChI=1S/C10H18N4O2/c1-7(2)9(16)14-8(6-15)4-3-5-13-10(11)12/h6,8H,1,3-5H2,2H3,(H,14,16)(H4,11,12,13)/t8-/m0/s1. The van der Waals surface area contributed by atoms with Gasteiger partial charge in [-0.05, 0) is 19.8 Å². The third kappa shape index (κ3) is 6.58. The highest BCUT2D eigenvalue weighted by atomic mass is 16.2. The zero-order valence-electron chi connectivity index (χ0n) is 9.40. The minimum absolute atomic E-state index is 0.0219. The van der Waals surface area contributed by atoms with Crippen molar-refractivity contribution < 1.29 is 9.59 Å². The van der Waals surface area contributed by atoms with E-state index in [1.165, 1.54) is 0 Å². The monoisotopic (exact) mass is 226 g/mol. The second-order valence-corrected chi connectivity index (χ2v) is 3.45. The number of carbonyl (C=O) groups excluding carboxylic acids is 2. The van der Waals surface area contributed by atoms with Gasteiger partial charge in [0.05, 0.1) is 6.04 Å². The Hall–Kier alpha value is -1.85. The third-order valence-corrected chi connectivity index (χ3v) is 1.84. The van der Waals surface area contributed by atoms with E-state index in [0.717, 1.165) is 0 Å². The second kappa shape index (κ2) is 7.44. The van der Waals surface area contributed by atoms with E-state index < -0.39 is 6.04 Å². The van der Waals surface area contributed by atoms with Crippen LogP contribution in [-0.2, 0) is 9.59 Å². The van der Waals surface area contributed by atoms with Crippen molar-refractivity contribution in [3.63, 3.8) is 0 Å². The summed E-state index contributed by atoms with van der Waals surface area (Å²) in [6.07, 6.45) is 1.81. The minimum atomic E-state index is -0.515. The zero-order valence-corrected chi connectivity index (χ0v) is 9.40. The fourth-order valence-corrected chi connectivity index (χ4v) is 0.985. The molecule has 0 heterocycles. The Morgan fingerprint density at radius 2 is 2.19 bits per heavy atom. The molecule has 1 amide bonds. The number of aliphatic imine (C=N–C) groups is 1. The first-order chi connectivity index (χ1) is 7.47. The zero-order chi connectivity index (χ0) is 12.6. The topological polar surface area (TPSA) is 111 Å². The molecule has 0 rings (SSSR count). The molecule has 0 aliphatic heterocycles. The number of nitrogens with zero attached hydrogens (tertiary/aromatic N) is 1. The maximum Gasteiger partial charge on any atom is 0.246 e. The van der Waals surface area contributed by atoms with Crippen molar-refractivity contribution in [1.82, 2.24) is 5.32 Å². The Morgan fingerprint density at radius 3 is 2.62 bits per heavy atom. The molecule has 6 heteroatoms. The van der Waals surface area contributed by atoms with Crippen molar-refractivity contribution in [3.8, 4) is 0 Å². The van der Waals surface area contributed by atoms with Crippen molar-refractivity contribution in [2.24, 2.45) is 16.5 Å². The molecule has 0 bridgehead atoms. The van der Waals surface area contributed by atoms with E-state index in [1.54, 1.807) is 6.92 Å². The van der Waals surface area contributed by atoms with Crippen LogP contribution in [-0.4, -0.2) is 30.7 Å². The van der Waals surface area contributed by atoms with Gasteiger partial charge in [0.25, 0.3) is 0 Å². The predicted molar refractivity (Wildman–Crippen MR) is 62.7 cm³/mol. The molecule has 0 fully saturated rings. The number of aldehydes is 1. The molecule has 0 saturated carbocycles. The summed E-state index contributed by atoms with van der Waals surface area (Å²) in [5, 5.41) is 2.54. The van der Waals surface area contributed by atoms with Crippen LogP contribution >= 0.6 is 0 Å². The summed E-state index contributed by atoms with van der Waals surface area (Å²) >= 11 is 0. The van der Waals surface area contributed by atoms with Crippen LogP contribution in [0.4, 0.5) is 0 Å². The molecule has 90 valence electrons. The lowest BCUT2D eigenvalue weighted by Crippen LogP contribution is -2.36. The van der Waals surface area contributed by atoms with E-state index in [0.29, 0.717) is 31.2 Å². The van der Waals surface area contributed by atoms with Crippen LogP contribution in [0.2, 0.25) is 0 Å². The molecule has 1 atom stereocenters. The first-order valence-corrected chi connectivity index (χ1v) is 4.94. The summed E-state index contributed by atoms with van der Waals surface area (Å²) in [5.41, 5.74) is 10.6. The average molecular weight is 226 g/mol. The van der Waals surface area contributed by atoms with Crippen LogP contribution in [0.25, 0.3) is 0 Å². The second-order valence-electron chi connectivity index (χ2n) is 3.45. The normalized spacial score (nSPS) is 11.3. The SMILES string of the molecule is C=C(C)C(=O)N[C@H](C=O)CCCN=C(N)N. The first kappa shape index (κ1) is 14.2. The Morgan fingerprint density at radius 1 is 1.56 bits per heavy atom. The largest absolute Gasteiger partial charge is 0.370 e. The maximum atomic E-state index is 11.2. The summed E-state index contributed by atoms with van der Waals surface area (Å²) in [7, 11) is 0. The summed E-state index contributed by atoms with van der Waals surface area (Å²) in [6, 6.07) is -0.515.